The van der Waals surface area contributed by atoms with Crippen LogP contribution in [-0.4, -0.2) is 48.5 Å². The molecule has 0 radical (unpaired) electrons. The average molecular weight is 492 g/mol. The number of aromatic nitrogens is 1. The second-order valence-corrected chi connectivity index (χ2v) is 11.0. The van der Waals surface area contributed by atoms with Crippen molar-refractivity contribution < 1.29 is 17.9 Å². The summed E-state index contributed by atoms with van der Waals surface area (Å²) in [5, 5.41) is 5.17. The van der Waals surface area contributed by atoms with E-state index < -0.39 is 10.0 Å². The topological polar surface area (TPSA) is 80.6 Å². The summed E-state index contributed by atoms with van der Waals surface area (Å²) in [6.45, 7) is 7.32. The van der Waals surface area contributed by atoms with Crippen LogP contribution in [0.5, 0.6) is 0 Å². The number of amides is 1. The number of morpholine rings is 1. The van der Waals surface area contributed by atoms with Gasteiger partial charge in [-0.3, -0.25) is 4.79 Å². The van der Waals surface area contributed by atoms with Crippen LogP contribution < -0.4 is 5.32 Å². The van der Waals surface area contributed by atoms with Gasteiger partial charge >= 0.3 is 0 Å². The maximum absolute atomic E-state index is 13.1. The molecule has 2 heterocycles. The van der Waals surface area contributed by atoms with Crippen molar-refractivity contribution in [1.82, 2.24) is 8.87 Å². The molecule has 1 aromatic heterocycles. The van der Waals surface area contributed by atoms with Crippen molar-refractivity contribution >= 4 is 43.4 Å². The summed E-state index contributed by atoms with van der Waals surface area (Å²) in [5.41, 5.74) is 3.36. The Morgan fingerprint density at radius 2 is 1.60 bits per heavy atom. The van der Waals surface area contributed by atoms with Crippen LogP contribution >= 0.6 is 0 Å². The average Bonchev–Trinajstić information content (AvgIpc) is 3.16. The first-order valence-corrected chi connectivity index (χ1v) is 13.3. The van der Waals surface area contributed by atoms with Crippen LogP contribution in [0.1, 0.15) is 31.1 Å². The lowest BCUT2D eigenvalue weighted by molar-refractivity contribution is -0.0440. The fourth-order valence-electron chi connectivity index (χ4n) is 4.93. The number of fused-ring (bicyclic) bond motifs is 3. The van der Waals surface area contributed by atoms with Gasteiger partial charge in [-0.25, -0.2) is 8.42 Å². The van der Waals surface area contributed by atoms with E-state index in [2.05, 4.69) is 28.9 Å². The second-order valence-electron chi connectivity index (χ2n) is 9.05. The van der Waals surface area contributed by atoms with Crippen molar-refractivity contribution in [3.8, 4) is 0 Å². The number of hydrogen-bond donors (Lipinski definition) is 1. The maximum Gasteiger partial charge on any atom is 0.255 e. The monoisotopic (exact) mass is 491 g/mol. The van der Waals surface area contributed by atoms with Crippen molar-refractivity contribution in [2.24, 2.45) is 0 Å². The van der Waals surface area contributed by atoms with E-state index in [1.54, 1.807) is 12.1 Å². The first kappa shape index (κ1) is 23.5. The minimum absolute atomic E-state index is 0.165. The van der Waals surface area contributed by atoms with Gasteiger partial charge in [-0.1, -0.05) is 18.2 Å². The number of nitrogens with zero attached hydrogens (tertiary/aromatic N) is 2. The van der Waals surface area contributed by atoms with Crippen LogP contribution in [-0.2, 0) is 21.3 Å². The summed E-state index contributed by atoms with van der Waals surface area (Å²) < 4.78 is 35.5. The van der Waals surface area contributed by atoms with Crippen molar-refractivity contribution in [1.29, 1.82) is 0 Å². The smallest absolute Gasteiger partial charge is 0.255 e. The number of anilines is 1. The lowest BCUT2D eigenvalue weighted by Crippen LogP contribution is -2.48. The standard InChI is InChI=1S/C27H29N3O4S/c1-4-30-25-8-6-5-7-23(25)24-15-21(11-14-26(24)30)28-27(31)20-9-12-22(13-10-20)35(32,33)29-16-18(2)34-19(3)17-29/h5-15,18-19H,4,16-17H2,1-3H3,(H,28,31)/t18-,19-/m1/s1. The molecule has 0 aliphatic carbocycles. The molecule has 5 rings (SSSR count). The van der Waals surface area contributed by atoms with Gasteiger partial charge in [-0.15, -0.1) is 0 Å². The summed E-state index contributed by atoms with van der Waals surface area (Å²) in [7, 11) is -3.66. The van der Waals surface area contributed by atoms with Gasteiger partial charge in [-0.05, 0) is 69.3 Å². The molecule has 1 saturated heterocycles. The van der Waals surface area contributed by atoms with Gasteiger partial charge < -0.3 is 14.6 Å². The molecule has 1 aliphatic heterocycles. The number of hydrogen-bond acceptors (Lipinski definition) is 4. The second kappa shape index (κ2) is 9.11. The normalized spacial score (nSPS) is 19.3. The van der Waals surface area contributed by atoms with Gasteiger partial charge in [0.15, 0.2) is 0 Å². The van der Waals surface area contributed by atoms with E-state index in [4.69, 9.17) is 4.74 Å². The van der Waals surface area contributed by atoms with Crippen molar-refractivity contribution in [2.45, 2.75) is 44.4 Å². The Balaban J connectivity index is 1.37. The van der Waals surface area contributed by atoms with Gasteiger partial charge in [0.25, 0.3) is 5.91 Å². The highest BCUT2D eigenvalue weighted by Crippen LogP contribution is 2.31. The number of sulfonamides is 1. The Labute approximate surface area is 205 Å². The zero-order chi connectivity index (χ0) is 24.7. The number of carbonyl (C=O) groups excluding carboxylic acids is 1. The molecule has 3 aromatic carbocycles. The molecule has 4 aromatic rings. The van der Waals surface area contributed by atoms with E-state index in [1.165, 1.54) is 16.4 Å². The molecule has 0 bridgehead atoms. The third-order valence-electron chi connectivity index (χ3n) is 6.49. The minimum atomic E-state index is -3.66. The van der Waals surface area contributed by atoms with Crippen molar-refractivity contribution in [2.75, 3.05) is 18.4 Å². The predicted octanol–water partition coefficient (Wildman–Crippen LogP) is 4.86. The highest BCUT2D eigenvalue weighted by atomic mass is 32.2. The largest absolute Gasteiger partial charge is 0.373 e. The molecule has 0 unspecified atom stereocenters. The molecule has 7 nitrogen and oxygen atoms in total. The molecule has 8 heteroatoms. The fourth-order valence-corrected chi connectivity index (χ4v) is 6.52. The molecular formula is C27H29N3O4S. The Kier molecular flexibility index (Phi) is 6.13. The van der Waals surface area contributed by atoms with E-state index >= 15 is 0 Å². The molecule has 2 atom stereocenters. The number of ether oxygens (including phenoxy) is 1. The molecule has 1 aliphatic rings. The maximum atomic E-state index is 13.1. The number of aryl methyl sites for hydroxylation is 1. The van der Waals surface area contributed by atoms with Crippen LogP contribution in [0.3, 0.4) is 0 Å². The van der Waals surface area contributed by atoms with Crippen LogP contribution in [0.4, 0.5) is 5.69 Å². The van der Waals surface area contributed by atoms with Gasteiger partial charge in [-0.2, -0.15) is 4.31 Å². The van der Waals surface area contributed by atoms with Gasteiger partial charge in [0.05, 0.1) is 17.1 Å². The van der Waals surface area contributed by atoms with E-state index in [1.807, 2.05) is 44.2 Å². The van der Waals surface area contributed by atoms with E-state index in [-0.39, 0.29) is 23.0 Å². The number of benzene rings is 3. The van der Waals surface area contributed by atoms with Crippen LogP contribution in [0.25, 0.3) is 21.8 Å². The third kappa shape index (κ3) is 4.33. The van der Waals surface area contributed by atoms with Crippen molar-refractivity contribution in [3.05, 3.63) is 72.3 Å². The molecule has 1 fully saturated rings. The lowest BCUT2D eigenvalue weighted by Gasteiger charge is -2.34. The third-order valence-corrected chi connectivity index (χ3v) is 8.33. The molecule has 1 N–H and O–H groups in total. The molecule has 182 valence electrons. The van der Waals surface area contributed by atoms with Crippen LogP contribution in [0.15, 0.2) is 71.6 Å². The van der Waals surface area contributed by atoms with Gasteiger partial charge in [0, 0.05) is 52.7 Å². The minimum Gasteiger partial charge on any atom is -0.373 e. The summed E-state index contributed by atoms with van der Waals surface area (Å²) >= 11 is 0. The van der Waals surface area contributed by atoms with E-state index in [0.717, 1.165) is 28.4 Å². The summed E-state index contributed by atoms with van der Waals surface area (Å²) in [5.74, 6) is -0.291. The Bertz CT molecular complexity index is 1500. The quantitative estimate of drug-likeness (QED) is 0.432. The van der Waals surface area contributed by atoms with Crippen molar-refractivity contribution in [3.63, 3.8) is 0 Å². The highest BCUT2D eigenvalue weighted by Gasteiger charge is 2.32. The molecular weight excluding hydrogens is 462 g/mol. The number of para-hydroxylation sites is 1. The molecule has 1 amide bonds. The first-order chi connectivity index (χ1) is 16.8. The SMILES string of the molecule is CCn1c2ccccc2c2cc(NC(=O)c3ccc(S(=O)(=O)N4C[C@@H](C)O[C@H](C)C4)cc3)ccc21. The van der Waals surface area contributed by atoms with Crippen LogP contribution in [0, 0.1) is 0 Å². The summed E-state index contributed by atoms with van der Waals surface area (Å²) in [4.78, 5) is 13.1. The first-order valence-electron chi connectivity index (χ1n) is 11.9. The molecule has 35 heavy (non-hydrogen) atoms. The zero-order valence-corrected chi connectivity index (χ0v) is 20.9. The van der Waals surface area contributed by atoms with Gasteiger partial charge in [0.2, 0.25) is 10.0 Å². The van der Waals surface area contributed by atoms with E-state index in [9.17, 15) is 13.2 Å². The Hall–Kier alpha value is -3.20. The fraction of sp³-hybridized carbons (Fsp3) is 0.296. The highest BCUT2D eigenvalue weighted by molar-refractivity contribution is 7.89. The van der Waals surface area contributed by atoms with Crippen LogP contribution in [0.2, 0.25) is 0 Å². The molecule has 0 spiro atoms. The summed E-state index contributed by atoms with van der Waals surface area (Å²) in [6.07, 6.45) is -0.329. The zero-order valence-electron chi connectivity index (χ0n) is 20.1. The Morgan fingerprint density at radius 3 is 2.29 bits per heavy atom. The summed E-state index contributed by atoms with van der Waals surface area (Å²) in [6, 6.07) is 20.2. The number of carbonyl (C=O) groups is 1. The number of nitrogens with one attached hydrogen (secondary N) is 1. The van der Waals surface area contributed by atoms with E-state index in [0.29, 0.717) is 24.3 Å². The van der Waals surface area contributed by atoms with Gasteiger partial charge in [0.1, 0.15) is 0 Å². The lowest BCUT2D eigenvalue weighted by atomic mass is 10.1. The number of rotatable bonds is 5. The molecule has 0 saturated carbocycles. The predicted molar refractivity (Wildman–Crippen MR) is 138 cm³/mol. The Morgan fingerprint density at radius 1 is 0.943 bits per heavy atom.